The summed E-state index contributed by atoms with van der Waals surface area (Å²) in [5.74, 6) is -0.799. The van der Waals surface area contributed by atoms with Crippen LogP contribution in [-0.2, 0) is 12.6 Å². The number of halogens is 3. The molecular formula is C8H7F3N4O. The summed E-state index contributed by atoms with van der Waals surface area (Å²) in [6, 6.07) is 1.18. The van der Waals surface area contributed by atoms with Gasteiger partial charge in [-0.05, 0) is 0 Å². The summed E-state index contributed by atoms with van der Waals surface area (Å²) in [6.07, 6.45) is -4.25. The van der Waals surface area contributed by atoms with E-state index in [-0.39, 0.29) is 0 Å². The Morgan fingerprint density at radius 1 is 1.62 bits per heavy atom. The number of aryl methyl sites for hydroxylation is 1. The Morgan fingerprint density at radius 2 is 2.19 bits per heavy atom. The molecule has 0 aromatic carbocycles. The maximum Gasteiger partial charge on any atom is 0.429 e. The van der Waals surface area contributed by atoms with Gasteiger partial charge in [-0.3, -0.25) is 0 Å². The van der Waals surface area contributed by atoms with Gasteiger partial charge in [0.1, 0.15) is 6.33 Å². The highest BCUT2D eigenvalue weighted by Crippen LogP contribution is 2.42. The third-order valence-electron chi connectivity index (χ3n) is 2.02. The van der Waals surface area contributed by atoms with Crippen LogP contribution in [0.3, 0.4) is 0 Å². The molecule has 86 valence electrons. The molecule has 1 heterocycles. The van der Waals surface area contributed by atoms with E-state index in [1.807, 2.05) is 0 Å². The number of hydrogen-bond donors (Lipinski definition) is 1. The maximum absolute atomic E-state index is 12.7. The van der Waals surface area contributed by atoms with Crippen LogP contribution >= 0.6 is 0 Å². The van der Waals surface area contributed by atoms with Crippen LogP contribution in [0.25, 0.3) is 0 Å². The van der Waals surface area contributed by atoms with Crippen LogP contribution in [-0.4, -0.2) is 26.0 Å². The zero-order valence-corrected chi connectivity index (χ0v) is 8.15. The van der Waals surface area contributed by atoms with E-state index in [0.29, 0.717) is 0 Å². The second-order valence-electron chi connectivity index (χ2n) is 3.01. The average Bonchev–Trinajstić information content (AvgIpc) is 2.60. The van der Waals surface area contributed by atoms with Gasteiger partial charge in [0.05, 0.1) is 11.6 Å². The van der Waals surface area contributed by atoms with Crippen LogP contribution in [0, 0.1) is 11.3 Å². The maximum atomic E-state index is 12.7. The summed E-state index contributed by atoms with van der Waals surface area (Å²) >= 11 is 0. The minimum absolute atomic E-state index is 0.732. The predicted molar refractivity (Wildman–Crippen MR) is 45.7 cm³/mol. The van der Waals surface area contributed by atoms with E-state index in [9.17, 15) is 18.3 Å². The summed E-state index contributed by atoms with van der Waals surface area (Å²) in [7, 11) is 1.17. The summed E-state index contributed by atoms with van der Waals surface area (Å²) in [5.41, 5.74) is -4.57. The molecule has 0 spiro atoms. The molecule has 0 saturated heterocycles. The first-order valence-corrected chi connectivity index (χ1v) is 3.98. The van der Waals surface area contributed by atoms with E-state index in [0.717, 1.165) is 11.0 Å². The zero-order chi connectivity index (χ0) is 12.6. The van der Waals surface area contributed by atoms with Crippen molar-refractivity contribution in [3.63, 3.8) is 0 Å². The van der Waals surface area contributed by atoms with Crippen molar-refractivity contribution >= 4 is 0 Å². The quantitative estimate of drug-likeness (QED) is 0.759. The van der Waals surface area contributed by atoms with Gasteiger partial charge in [-0.15, -0.1) is 0 Å². The number of alkyl halides is 3. The summed E-state index contributed by atoms with van der Waals surface area (Å²) in [4.78, 5) is 3.29. The molecule has 0 aliphatic rings. The fraction of sp³-hybridized carbons (Fsp3) is 0.375. The van der Waals surface area contributed by atoms with E-state index in [1.165, 1.54) is 13.1 Å². The van der Waals surface area contributed by atoms with Crippen LogP contribution in [0.5, 0.6) is 0 Å². The third kappa shape index (κ3) is 1.55. The molecule has 16 heavy (non-hydrogen) atoms. The SMILES string of the molecule is C=C(C#N)[C@@](O)(c1ncnn1C)C(F)(F)F. The number of hydrogen-bond acceptors (Lipinski definition) is 4. The Kier molecular flexibility index (Phi) is 2.75. The Morgan fingerprint density at radius 3 is 2.50 bits per heavy atom. The second kappa shape index (κ2) is 3.61. The molecule has 0 radical (unpaired) electrons. The molecule has 0 unspecified atom stereocenters. The highest BCUT2D eigenvalue weighted by Gasteiger charge is 2.60. The van der Waals surface area contributed by atoms with E-state index in [2.05, 4.69) is 16.7 Å². The molecule has 5 nitrogen and oxygen atoms in total. The van der Waals surface area contributed by atoms with Crippen molar-refractivity contribution in [2.45, 2.75) is 11.8 Å². The van der Waals surface area contributed by atoms with Gasteiger partial charge in [-0.25, -0.2) is 9.67 Å². The summed E-state index contributed by atoms with van der Waals surface area (Å²) in [5, 5.41) is 21.5. The Labute approximate surface area is 88.4 Å². The van der Waals surface area contributed by atoms with Crippen LogP contribution in [0.4, 0.5) is 13.2 Å². The lowest BCUT2D eigenvalue weighted by Crippen LogP contribution is -2.45. The molecule has 8 heteroatoms. The van der Waals surface area contributed by atoms with E-state index >= 15 is 0 Å². The Bertz CT molecular complexity index is 459. The first-order chi connectivity index (χ1) is 7.25. The Balaban J connectivity index is 3.45. The van der Waals surface area contributed by atoms with Crippen molar-refractivity contribution < 1.29 is 18.3 Å². The molecule has 0 aliphatic heterocycles. The lowest BCUT2D eigenvalue weighted by atomic mass is 9.94. The molecule has 1 N–H and O–H groups in total. The third-order valence-corrected chi connectivity index (χ3v) is 2.02. The fourth-order valence-corrected chi connectivity index (χ4v) is 1.14. The van der Waals surface area contributed by atoms with Gasteiger partial charge in [0.2, 0.25) is 0 Å². The van der Waals surface area contributed by atoms with Gasteiger partial charge in [0.25, 0.3) is 5.60 Å². The topological polar surface area (TPSA) is 74.7 Å². The molecule has 1 aromatic heterocycles. The minimum Gasteiger partial charge on any atom is -0.369 e. The van der Waals surface area contributed by atoms with Crippen molar-refractivity contribution in [3.05, 3.63) is 24.3 Å². The van der Waals surface area contributed by atoms with Gasteiger partial charge in [-0.2, -0.15) is 23.5 Å². The first kappa shape index (κ1) is 12.2. The summed E-state index contributed by atoms with van der Waals surface area (Å²) in [6.45, 7) is 2.90. The highest BCUT2D eigenvalue weighted by atomic mass is 19.4. The van der Waals surface area contributed by atoms with Gasteiger partial charge in [-0.1, -0.05) is 6.58 Å². The standard InChI is InChI=1S/C8H7F3N4O/c1-5(3-12)7(16,8(9,10)11)6-13-4-14-15(6)2/h4,16H,1H2,2H3/t7-/m1/s1. The molecule has 0 bridgehead atoms. The molecular weight excluding hydrogens is 225 g/mol. The number of aromatic nitrogens is 3. The van der Waals surface area contributed by atoms with Gasteiger partial charge in [0, 0.05) is 7.05 Å². The number of nitrogens with zero attached hydrogens (tertiary/aromatic N) is 4. The average molecular weight is 232 g/mol. The van der Waals surface area contributed by atoms with Crippen molar-refractivity contribution in [2.24, 2.45) is 7.05 Å². The molecule has 0 aliphatic carbocycles. The minimum atomic E-state index is -5.10. The molecule has 0 amide bonds. The normalized spacial score (nSPS) is 15.2. The van der Waals surface area contributed by atoms with Crippen molar-refractivity contribution in [1.82, 2.24) is 14.8 Å². The monoisotopic (exact) mass is 232 g/mol. The highest BCUT2D eigenvalue weighted by molar-refractivity contribution is 5.34. The molecule has 0 fully saturated rings. The lowest BCUT2D eigenvalue weighted by molar-refractivity contribution is -0.252. The molecule has 1 rings (SSSR count). The van der Waals surface area contributed by atoms with E-state index in [1.54, 1.807) is 0 Å². The smallest absolute Gasteiger partial charge is 0.369 e. The number of aliphatic hydroxyl groups is 1. The number of rotatable bonds is 2. The van der Waals surface area contributed by atoms with Crippen molar-refractivity contribution in [2.75, 3.05) is 0 Å². The summed E-state index contributed by atoms with van der Waals surface area (Å²) < 4.78 is 39.0. The van der Waals surface area contributed by atoms with E-state index in [4.69, 9.17) is 5.26 Å². The van der Waals surface area contributed by atoms with Crippen LogP contribution in [0.1, 0.15) is 5.82 Å². The van der Waals surface area contributed by atoms with Gasteiger partial charge >= 0.3 is 6.18 Å². The van der Waals surface area contributed by atoms with Crippen molar-refractivity contribution in [3.8, 4) is 6.07 Å². The number of nitriles is 1. The zero-order valence-electron chi connectivity index (χ0n) is 8.15. The fourth-order valence-electron chi connectivity index (χ4n) is 1.14. The molecule has 1 atom stereocenters. The largest absolute Gasteiger partial charge is 0.429 e. The first-order valence-electron chi connectivity index (χ1n) is 3.98. The molecule has 0 saturated carbocycles. The Hall–Kier alpha value is -1.88. The lowest BCUT2D eigenvalue weighted by Gasteiger charge is -2.27. The van der Waals surface area contributed by atoms with Crippen LogP contribution in [0.15, 0.2) is 18.5 Å². The van der Waals surface area contributed by atoms with Gasteiger partial charge < -0.3 is 5.11 Å². The second-order valence-corrected chi connectivity index (χ2v) is 3.01. The van der Waals surface area contributed by atoms with Crippen molar-refractivity contribution in [1.29, 1.82) is 5.26 Å². The van der Waals surface area contributed by atoms with E-state index < -0.39 is 23.2 Å². The van der Waals surface area contributed by atoms with Gasteiger partial charge in [0.15, 0.2) is 5.82 Å². The molecule has 1 aromatic rings. The van der Waals surface area contributed by atoms with Crippen LogP contribution in [0.2, 0.25) is 0 Å². The predicted octanol–water partition coefficient (Wildman–Crippen LogP) is 0.645. The van der Waals surface area contributed by atoms with Crippen LogP contribution < -0.4 is 0 Å².